The molecule has 1 aliphatic rings. The molecule has 1 unspecified atom stereocenters. The fraction of sp³-hybridized carbons (Fsp3) is 1.00. The fourth-order valence-electron chi connectivity index (χ4n) is 1.99. The second-order valence-corrected chi connectivity index (χ2v) is 4.16. The van der Waals surface area contributed by atoms with E-state index in [1.807, 2.05) is 0 Å². The van der Waals surface area contributed by atoms with Crippen molar-refractivity contribution in [3.63, 3.8) is 0 Å². The van der Waals surface area contributed by atoms with Gasteiger partial charge in [0.15, 0.2) is 0 Å². The minimum atomic E-state index is 0.628. The van der Waals surface area contributed by atoms with Crippen LogP contribution in [0.5, 0.6) is 0 Å². The van der Waals surface area contributed by atoms with E-state index in [2.05, 4.69) is 33.1 Å². The lowest BCUT2D eigenvalue weighted by atomic mass is 9.89. The molecule has 1 heteroatoms. The van der Waals surface area contributed by atoms with Crippen molar-refractivity contribution in [2.75, 3.05) is 7.05 Å². The molecule has 0 saturated heterocycles. The van der Waals surface area contributed by atoms with E-state index in [0.717, 1.165) is 12.0 Å². The van der Waals surface area contributed by atoms with E-state index in [0.29, 0.717) is 5.41 Å². The molecule has 1 nitrogen and oxygen atoms in total. The quantitative estimate of drug-likeness (QED) is 0.634. The van der Waals surface area contributed by atoms with Crippen LogP contribution in [0.4, 0.5) is 0 Å². The van der Waals surface area contributed by atoms with Crippen molar-refractivity contribution >= 4 is 0 Å². The van der Waals surface area contributed by atoms with Crippen molar-refractivity contribution in [2.24, 2.45) is 11.3 Å². The van der Waals surface area contributed by atoms with Gasteiger partial charge in [-0.3, -0.25) is 0 Å². The van der Waals surface area contributed by atoms with E-state index >= 15 is 0 Å². The van der Waals surface area contributed by atoms with Crippen LogP contribution in [0.1, 0.15) is 33.6 Å². The summed E-state index contributed by atoms with van der Waals surface area (Å²) < 4.78 is 0. The zero-order chi connectivity index (χ0) is 7.78. The van der Waals surface area contributed by atoms with Gasteiger partial charge in [-0.15, -0.1) is 0 Å². The van der Waals surface area contributed by atoms with Crippen LogP contribution in [0.2, 0.25) is 0 Å². The summed E-state index contributed by atoms with van der Waals surface area (Å²) >= 11 is 0. The van der Waals surface area contributed by atoms with Crippen molar-refractivity contribution in [1.82, 2.24) is 5.32 Å². The topological polar surface area (TPSA) is 12.0 Å². The van der Waals surface area contributed by atoms with Crippen molar-refractivity contribution in [1.29, 1.82) is 0 Å². The summed E-state index contributed by atoms with van der Waals surface area (Å²) in [6.45, 7) is 6.98. The van der Waals surface area contributed by atoms with E-state index in [-0.39, 0.29) is 0 Å². The van der Waals surface area contributed by atoms with Crippen LogP contribution in [0, 0.1) is 11.3 Å². The Bertz CT molecular complexity index is 114. The minimum Gasteiger partial charge on any atom is -0.316 e. The largest absolute Gasteiger partial charge is 0.316 e. The summed E-state index contributed by atoms with van der Waals surface area (Å²) in [5.41, 5.74) is 0.628. The first-order valence-corrected chi connectivity index (χ1v) is 4.27. The Labute approximate surface area is 64.2 Å². The summed E-state index contributed by atoms with van der Waals surface area (Å²) in [7, 11) is 2.08. The molecule has 0 bridgehead atoms. The van der Waals surface area contributed by atoms with Crippen LogP contribution in [0.25, 0.3) is 0 Å². The Balaban J connectivity index is 2.48. The van der Waals surface area contributed by atoms with Crippen molar-refractivity contribution in [3.8, 4) is 0 Å². The lowest BCUT2D eigenvalue weighted by Gasteiger charge is -2.26. The third-order valence-electron chi connectivity index (χ3n) is 2.77. The number of hydrogen-bond donors (Lipinski definition) is 1. The summed E-state index contributed by atoms with van der Waals surface area (Å²) in [6.07, 6.45) is 2.83. The molecule has 0 spiro atoms. The van der Waals surface area contributed by atoms with E-state index in [1.54, 1.807) is 0 Å². The zero-order valence-corrected chi connectivity index (χ0v) is 7.57. The molecule has 1 fully saturated rings. The highest BCUT2D eigenvalue weighted by Gasteiger charge is 2.44. The van der Waals surface area contributed by atoms with Crippen LogP contribution in [0.3, 0.4) is 0 Å². The third kappa shape index (κ3) is 1.34. The highest BCUT2D eigenvalue weighted by atomic mass is 14.9. The maximum atomic E-state index is 3.40. The van der Waals surface area contributed by atoms with Gasteiger partial charge in [0.25, 0.3) is 0 Å². The Morgan fingerprint density at radius 2 is 1.80 bits per heavy atom. The lowest BCUT2D eigenvalue weighted by molar-refractivity contribution is 0.297. The van der Waals surface area contributed by atoms with Gasteiger partial charge in [0.2, 0.25) is 0 Å². The van der Waals surface area contributed by atoms with Crippen molar-refractivity contribution < 1.29 is 0 Å². The van der Waals surface area contributed by atoms with Gasteiger partial charge in [-0.05, 0) is 31.2 Å². The first-order chi connectivity index (χ1) is 4.60. The normalized spacial score (nSPS) is 24.9. The van der Waals surface area contributed by atoms with Crippen molar-refractivity contribution in [2.45, 2.75) is 39.7 Å². The summed E-state index contributed by atoms with van der Waals surface area (Å²) in [4.78, 5) is 0. The smallest absolute Gasteiger partial charge is 0.0141 e. The van der Waals surface area contributed by atoms with Crippen molar-refractivity contribution in [3.05, 3.63) is 0 Å². The number of nitrogens with one attached hydrogen (secondary N) is 1. The summed E-state index contributed by atoms with van der Waals surface area (Å²) in [5, 5.41) is 3.40. The molecule has 0 heterocycles. The average Bonchev–Trinajstić information content (AvgIpc) is 2.49. The number of rotatable bonds is 3. The number of hydrogen-bond acceptors (Lipinski definition) is 1. The molecule has 60 valence electrons. The fourth-order valence-corrected chi connectivity index (χ4v) is 1.99. The van der Waals surface area contributed by atoms with Crippen LogP contribution >= 0.6 is 0 Å². The minimum absolute atomic E-state index is 0.628. The van der Waals surface area contributed by atoms with E-state index in [4.69, 9.17) is 0 Å². The van der Waals surface area contributed by atoms with Gasteiger partial charge in [0, 0.05) is 6.04 Å². The van der Waals surface area contributed by atoms with Gasteiger partial charge >= 0.3 is 0 Å². The molecule has 0 radical (unpaired) electrons. The molecule has 1 atom stereocenters. The predicted molar refractivity (Wildman–Crippen MR) is 45.0 cm³/mol. The first kappa shape index (κ1) is 8.06. The average molecular weight is 141 g/mol. The monoisotopic (exact) mass is 141 g/mol. The van der Waals surface area contributed by atoms with E-state index < -0.39 is 0 Å². The second kappa shape index (κ2) is 2.54. The Morgan fingerprint density at radius 3 is 1.90 bits per heavy atom. The highest BCUT2D eigenvalue weighted by molar-refractivity contribution is 4.99. The Morgan fingerprint density at radius 1 is 1.30 bits per heavy atom. The van der Waals surface area contributed by atoms with Gasteiger partial charge in [-0.2, -0.15) is 0 Å². The summed E-state index contributed by atoms with van der Waals surface area (Å²) in [5.74, 6) is 0.775. The molecule has 1 N–H and O–H groups in total. The zero-order valence-electron chi connectivity index (χ0n) is 7.57. The molecular formula is C9H19N. The van der Waals surface area contributed by atoms with Crippen LogP contribution in [0.15, 0.2) is 0 Å². The molecule has 0 aliphatic heterocycles. The van der Waals surface area contributed by atoms with E-state index in [9.17, 15) is 0 Å². The van der Waals surface area contributed by atoms with Gasteiger partial charge in [0.1, 0.15) is 0 Å². The molecule has 0 aromatic rings. The van der Waals surface area contributed by atoms with Crippen LogP contribution in [-0.2, 0) is 0 Å². The van der Waals surface area contributed by atoms with Crippen LogP contribution in [-0.4, -0.2) is 13.1 Å². The molecule has 0 aromatic heterocycles. The third-order valence-corrected chi connectivity index (χ3v) is 2.77. The van der Waals surface area contributed by atoms with Gasteiger partial charge in [-0.1, -0.05) is 20.8 Å². The maximum absolute atomic E-state index is 3.40. The second-order valence-electron chi connectivity index (χ2n) is 4.16. The van der Waals surface area contributed by atoms with Crippen LogP contribution < -0.4 is 5.32 Å². The molecule has 10 heavy (non-hydrogen) atoms. The molecule has 0 aromatic carbocycles. The standard InChI is InChI=1S/C9H19N/c1-7(2)8(10-4)9(3)5-6-9/h7-8,10H,5-6H2,1-4H3. The first-order valence-electron chi connectivity index (χ1n) is 4.27. The van der Waals surface area contributed by atoms with Gasteiger partial charge in [-0.25, -0.2) is 0 Å². The SMILES string of the molecule is CNC(C(C)C)C1(C)CC1. The Kier molecular flexibility index (Phi) is 2.04. The van der Waals surface area contributed by atoms with Gasteiger partial charge in [0.05, 0.1) is 0 Å². The predicted octanol–water partition coefficient (Wildman–Crippen LogP) is 2.03. The molecule has 1 aliphatic carbocycles. The lowest BCUT2D eigenvalue weighted by Crippen LogP contribution is -2.37. The molecule has 1 rings (SSSR count). The van der Waals surface area contributed by atoms with Gasteiger partial charge < -0.3 is 5.32 Å². The maximum Gasteiger partial charge on any atom is 0.0141 e. The molecular weight excluding hydrogens is 122 g/mol. The summed E-state index contributed by atoms with van der Waals surface area (Å²) in [6, 6.07) is 0.729. The molecule has 0 amide bonds. The highest BCUT2D eigenvalue weighted by Crippen LogP contribution is 2.49. The Hall–Kier alpha value is -0.0400. The van der Waals surface area contributed by atoms with E-state index in [1.165, 1.54) is 12.8 Å². The molecule has 1 saturated carbocycles.